The van der Waals surface area contributed by atoms with Gasteiger partial charge in [0.1, 0.15) is 6.04 Å². The van der Waals surface area contributed by atoms with E-state index in [4.69, 9.17) is 5.11 Å². The topological polar surface area (TPSA) is 87.5 Å². The third-order valence-corrected chi connectivity index (χ3v) is 3.39. The zero-order valence-electron chi connectivity index (χ0n) is 11.8. The van der Waals surface area contributed by atoms with E-state index in [9.17, 15) is 9.59 Å². The lowest BCUT2D eigenvalue weighted by atomic mass is 10.1. The highest BCUT2D eigenvalue weighted by Crippen LogP contribution is 2.12. The lowest BCUT2D eigenvalue weighted by molar-refractivity contribution is -0.140. The minimum atomic E-state index is -0.930. The highest BCUT2D eigenvalue weighted by Gasteiger charge is 2.29. The summed E-state index contributed by atoms with van der Waals surface area (Å²) in [7, 11) is 0. The van der Waals surface area contributed by atoms with E-state index in [-0.39, 0.29) is 12.5 Å². The zero-order chi connectivity index (χ0) is 14.7. The molecule has 0 bridgehead atoms. The number of nitrogens with one attached hydrogen (secondary N) is 1. The third kappa shape index (κ3) is 2.98. The highest BCUT2D eigenvalue weighted by atomic mass is 16.4. The number of carbonyl (C=O) groups is 2. The maximum absolute atomic E-state index is 12.5. The molecule has 1 aromatic heterocycles. The van der Waals surface area contributed by atoms with Crippen LogP contribution in [0, 0.1) is 6.92 Å². The number of nitrogens with zero attached hydrogens (tertiary/aromatic N) is 3. The van der Waals surface area contributed by atoms with Gasteiger partial charge in [0.25, 0.3) is 5.91 Å². The molecule has 7 nitrogen and oxygen atoms in total. The average molecular weight is 280 g/mol. The van der Waals surface area contributed by atoms with E-state index in [0.29, 0.717) is 24.3 Å². The summed E-state index contributed by atoms with van der Waals surface area (Å²) in [5, 5.41) is 16.2. The van der Waals surface area contributed by atoms with Crippen molar-refractivity contribution in [3.63, 3.8) is 0 Å². The predicted octanol–water partition coefficient (Wildman–Crippen LogP) is 0.100. The number of hydrogen-bond acceptors (Lipinski definition) is 4. The first-order valence-corrected chi connectivity index (χ1v) is 6.82. The van der Waals surface area contributed by atoms with E-state index >= 15 is 0 Å². The summed E-state index contributed by atoms with van der Waals surface area (Å²) in [6.07, 6.45) is 2.70. The maximum Gasteiger partial charge on any atom is 0.322 e. The molecule has 7 heteroatoms. The molecular formula is C13H20N4O3. The average Bonchev–Trinajstić information content (AvgIpc) is 2.79. The molecule has 110 valence electrons. The number of carbonyl (C=O) groups excluding carboxylic acids is 1. The fourth-order valence-electron chi connectivity index (χ4n) is 2.34. The van der Waals surface area contributed by atoms with Crippen molar-refractivity contribution in [1.82, 2.24) is 20.0 Å². The van der Waals surface area contributed by atoms with Gasteiger partial charge in [-0.1, -0.05) is 6.92 Å². The van der Waals surface area contributed by atoms with E-state index in [1.165, 1.54) is 0 Å². The van der Waals surface area contributed by atoms with Gasteiger partial charge in [0.15, 0.2) is 0 Å². The summed E-state index contributed by atoms with van der Waals surface area (Å²) in [4.78, 5) is 25.0. The number of aromatic nitrogens is 2. The molecule has 1 atom stereocenters. The van der Waals surface area contributed by atoms with Crippen molar-refractivity contribution in [2.24, 2.45) is 0 Å². The molecule has 0 radical (unpaired) electrons. The molecule has 1 aromatic rings. The second-order valence-electron chi connectivity index (χ2n) is 4.99. The molecular weight excluding hydrogens is 260 g/mol. The van der Waals surface area contributed by atoms with E-state index in [1.807, 2.05) is 6.92 Å². The molecule has 1 saturated heterocycles. The lowest BCUT2D eigenvalue weighted by Gasteiger charge is -2.31. The summed E-state index contributed by atoms with van der Waals surface area (Å²) in [6.45, 7) is 5.81. The SMILES string of the molecule is CCCn1cc(C(=O)N2CCN[C@@H](C(=O)O)C2)c(C)n1. The van der Waals surface area contributed by atoms with Gasteiger partial charge in [-0.05, 0) is 13.3 Å². The Hall–Kier alpha value is -1.89. The first-order chi connectivity index (χ1) is 9.52. The zero-order valence-corrected chi connectivity index (χ0v) is 11.8. The number of carboxylic acids is 1. The van der Waals surface area contributed by atoms with E-state index in [2.05, 4.69) is 10.4 Å². The molecule has 1 aliphatic rings. The van der Waals surface area contributed by atoms with Crippen molar-refractivity contribution in [3.05, 3.63) is 17.5 Å². The molecule has 1 fully saturated rings. The molecule has 20 heavy (non-hydrogen) atoms. The number of hydrogen-bond donors (Lipinski definition) is 2. The normalized spacial score (nSPS) is 19.1. The number of carboxylic acid groups (broad SMARTS) is 1. The predicted molar refractivity (Wildman–Crippen MR) is 72.6 cm³/mol. The van der Waals surface area contributed by atoms with Gasteiger partial charge in [-0.15, -0.1) is 0 Å². The van der Waals surface area contributed by atoms with Crippen LogP contribution < -0.4 is 5.32 Å². The second kappa shape index (κ2) is 6.04. The van der Waals surface area contributed by atoms with Crippen LogP contribution in [-0.2, 0) is 11.3 Å². The fraction of sp³-hybridized carbons (Fsp3) is 0.615. The number of rotatable bonds is 4. The molecule has 2 heterocycles. The molecule has 2 rings (SSSR count). The first-order valence-electron chi connectivity index (χ1n) is 6.82. The Morgan fingerprint density at radius 1 is 1.55 bits per heavy atom. The van der Waals surface area contributed by atoms with Crippen LogP contribution in [0.25, 0.3) is 0 Å². The monoisotopic (exact) mass is 280 g/mol. The summed E-state index contributed by atoms with van der Waals surface area (Å²) >= 11 is 0. The van der Waals surface area contributed by atoms with Crippen LogP contribution >= 0.6 is 0 Å². The van der Waals surface area contributed by atoms with Crippen LogP contribution in [0.3, 0.4) is 0 Å². The van der Waals surface area contributed by atoms with Crippen molar-refractivity contribution in [3.8, 4) is 0 Å². The lowest BCUT2D eigenvalue weighted by Crippen LogP contribution is -2.55. The second-order valence-corrected chi connectivity index (χ2v) is 4.99. The summed E-state index contributed by atoms with van der Waals surface area (Å²) in [6, 6.07) is -0.696. The van der Waals surface area contributed by atoms with Crippen molar-refractivity contribution in [1.29, 1.82) is 0 Å². The number of aryl methyl sites for hydroxylation is 2. The standard InChI is InChI=1S/C13H20N4O3/c1-3-5-17-7-10(9(2)15-17)12(18)16-6-4-14-11(8-16)13(19)20/h7,11,14H,3-6,8H2,1-2H3,(H,19,20)/t11-/m1/s1. The quantitative estimate of drug-likeness (QED) is 0.817. The largest absolute Gasteiger partial charge is 0.480 e. The van der Waals surface area contributed by atoms with Crippen molar-refractivity contribution >= 4 is 11.9 Å². The maximum atomic E-state index is 12.5. The van der Waals surface area contributed by atoms with Gasteiger partial charge in [-0.3, -0.25) is 14.3 Å². The summed E-state index contributed by atoms with van der Waals surface area (Å²) < 4.78 is 1.76. The van der Waals surface area contributed by atoms with Gasteiger partial charge in [-0.2, -0.15) is 5.10 Å². The first kappa shape index (κ1) is 14.5. The molecule has 0 aromatic carbocycles. The number of amides is 1. The van der Waals surface area contributed by atoms with Gasteiger partial charge in [0, 0.05) is 32.4 Å². The van der Waals surface area contributed by atoms with Crippen LogP contribution in [0.1, 0.15) is 29.4 Å². The van der Waals surface area contributed by atoms with Crippen LogP contribution in [-0.4, -0.2) is 57.3 Å². The van der Waals surface area contributed by atoms with Crippen molar-refractivity contribution in [2.75, 3.05) is 19.6 Å². The number of aliphatic carboxylic acids is 1. The van der Waals surface area contributed by atoms with E-state index in [1.54, 1.807) is 22.7 Å². The van der Waals surface area contributed by atoms with Gasteiger partial charge < -0.3 is 15.3 Å². The van der Waals surface area contributed by atoms with Gasteiger partial charge >= 0.3 is 5.97 Å². The van der Waals surface area contributed by atoms with E-state index in [0.717, 1.165) is 13.0 Å². The Balaban J connectivity index is 2.12. The Labute approximate surface area is 117 Å². The van der Waals surface area contributed by atoms with Crippen LogP contribution in [0.2, 0.25) is 0 Å². The van der Waals surface area contributed by atoms with Crippen LogP contribution in [0.15, 0.2) is 6.20 Å². The molecule has 0 aliphatic carbocycles. The number of piperazine rings is 1. The van der Waals surface area contributed by atoms with E-state index < -0.39 is 12.0 Å². The van der Waals surface area contributed by atoms with Gasteiger partial charge in [0.2, 0.25) is 0 Å². The van der Waals surface area contributed by atoms with Crippen molar-refractivity contribution in [2.45, 2.75) is 32.9 Å². The molecule has 1 aliphatic heterocycles. The molecule has 0 spiro atoms. The Bertz CT molecular complexity index is 512. The summed E-state index contributed by atoms with van der Waals surface area (Å²) in [5.74, 6) is -1.07. The Morgan fingerprint density at radius 2 is 2.30 bits per heavy atom. The van der Waals surface area contributed by atoms with Crippen LogP contribution in [0.4, 0.5) is 0 Å². The van der Waals surface area contributed by atoms with Crippen molar-refractivity contribution < 1.29 is 14.7 Å². The summed E-state index contributed by atoms with van der Waals surface area (Å²) in [5.41, 5.74) is 1.25. The minimum absolute atomic E-state index is 0.141. The van der Waals surface area contributed by atoms with Gasteiger partial charge in [0.05, 0.1) is 11.3 Å². The highest BCUT2D eigenvalue weighted by molar-refractivity contribution is 5.95. The third-order valence-electron chi connectivity index (χ3n) is 3.39. The molecule has 0 unspecified atom stereocenters. The smallest absolute Gasteiger partial charge is 0.322 e. The van der Waals surface area contributed by atoms with Crippen LogP contribution in [0.5, 0.6) is 0 Å². The van der Waals surface area contributed by atoms with Gasteiger partial charge in [-0.25, -0.2) is 0 Å². The molecule has 1 amide bonds. The Morgan fingerprint density at radius 3 is 2.95 bits per heavy atom. The molecule has 0 saturated carbocycles. The Kier molecular flexibility index (Phi) is 4.39. The minimum Gasteiger partial charge on any atom is -0.480 e. The fourth-order valence-corrected chi connectivity index (χ4v) is 2.34. The molecule has 2 N–H and O–H groups in total.